The molecule has 0 bridgehead atoms. The second-order valence-electron chi connectivity index (χ2n) is 5.52. The zero-order valence-corrected chi connectivity index (χ0v) is 14.4. The Morgan fingerprint density at radius 2 is 2.00 bits per heavy atom. The lowest BCUT2D eigenvalue weighted by Crippen LogP contribution is -2.37. The Morgan fingerprint density at radius 1 is 1.24 bits per heavy atom. The molecule has 1 aliphatic heterocycles. The van der Waals surface area contributed by atoms with Crippen LogP contribution in [0, 0.1) is 11.6 Å². The predicted molar refractivity (Wildman–Crippen MR) is 90.2 cm³/mol. The number of hydrogen-bond acceptors (Lipinski definition) is 3. The molecule has 2 rings (SSSR count). The highest BCUT2D eigenvalue weighted by Gasteiger charge is 2.32. The van der Waals surface area contributed by atoms with Crippen LogP contribution < -0.4 is 5.32 Å². The maximum atomic E-state index is 13.6. The zero-order valence-electron chi connectivity index (χ0n) is 12.7. The van der Waals surface area contributed by atoms with Crippen LogP contribution >= 0.6 is 23.5 Å². The minimum absolute atomic E-state index is 0.0764. The smallest absolute Gasteiger partial charge is 0.159 e. The normalized spacial score (nSPS) is 27.6. The molecule has 1 nitrogen and oxygen atoms in total. The van der Waals surface area contributed by atoms with Gasteiger partial charge in [0.1, 0.15) is 0 Å². The van der Waals surface area contributed by atoms with E-state index in [-0.39, 0.29) is 6.04 Å². The number of halogens is 2. The van der Waals surface area contributed by atoms with Gasteiger partial charge in [-0.05, 0) is 30.7 Å². The second-order valence-corrected chi connectivity index (χ2v) is 8.55. The molecule has 0 radical (unpaired) electrons. The molecule has 1 aliphatic rings. The molecule has 0 saturated carbocycles. The summed E-state index contributed by atoms with van der Waals surface area (Å²) in [6, 6.07) is 4.36. The van der Waals surface area contributed by atoms with Crippen molar-refractivity contribution in [3.8, 4) is 0 Å². The molecule has 21 heavy (non-hydrogen) atoms. The summed E-state index contributed by atoms with van der Waals surface area (Å²) < 4.78 is 26.7. The second kappa shape index (κ2) is 7.84. The zero-order chi connectivity index (χ0) is 15.4. The van der Waals surface area contributed by atoms with Crippen molar-refractivity contribution in [3.63, 3.8) is 0 Å². The van der Waals surface area contributed by atoms with Gasteiger partial charge in [-0.15, -0.1) is 0 Å². The van der Waals surface area contributed by atoms with Crippen molar-refractivity contribution in [2.24, 2.45) is 0 Å². The van der Waals surface area contributed by atoms with Gasteiger partial charge in [-0.3, -0.25) is 0 Å². The van der Waals surface area contributed by atoms with Gasteiger partial charge in [-0.1, -0.05) is 26.8 Å². The SMILES string of the molecule is CCCNC(c1ccc(F)c(F)c1)C1CSC(C)C(C)S1. The van der Waals surface area contributed by atoms with E-state index < -0.39 is 11.6 Å². The molecule has 4 unspecified atom stereocenters. The molecular weight excluding hydrogens is 308 g/mol. The first-order valence-electron chi connectivity index (χ1n) is 7.48. The summed E-state index contributed by atoms with van der Waals surface area (Å²) in [6.45, 7) is 7.50. The van der Waals surface area contributed by atoms with Crippen LogP contribution in [0.4, 0.5) is 8.78 Å². The van der Waals surface area contributed by atoms with E-state index in [1.165, 1.54) is 12.1 Å². The Labute approximate surface area is 134 Å². The Balaban J connectivity index is 2.19. The molecule has 1 heterocycles. The molecule has 0 aromatic heterocycles. The third-order valence-corrected chi connectivity index (χ3v) is 7.36. The van der Waals surface area contributed by atoms with Crippen molar-refractivity contribution < 1.29 is 8.78 Å². The van der Waals surface area contributed by atoms with E-state index in [1.807, 2.05) is 23.5 Å². The lowest BCUT2D eigenvalue weighted by Gasteiger charge is -2.36. The first-order chi connectivity index (χ1) is 10.0. The highest BCUT2D eigenvalue weighted by molar-refractivity contribution is 8.07. The summed E-state index contributed by atoms with van der Waals surface area (Å²) in [6.07, 6.45) is 1.02. The average Bonchev–Trinajstić information content (AvgIpc) is 2.46. The first-order valence-corrected chi connectivity index (χ1v) is 9.47. The Hall–Kier alpha value is -0.260. The Bertz CT molecular complexity index is 470. The van der Waals surface area contributed by atoms with Crippen molar-refractivity contribution in [2.45, 2.75) is 49.0 Å². The maximum Gasteiger partial charge on any atom is 0.159 e. The largest absolute Gasteiger partial charge is 0.309 e. The van der Waals surface area contributed by atoms with Gasteiger partial charge in [0, 0.05) is 27.5 Å². The third-order valence-electron chi connectivity index (χ3n) is 3.86. The van der Waals surface area contributed by atoms with Crippen molar-refractivity contribution >= 4 is 23.5 Å². The van der Waals surface area contributed by atoms with Gasteiger partial charge >= 0.3 is 0 Å². The molecule has 4 atom stereocenters. The van der Waals surface area contributed by atoms with E-state index in [1.54, 1.807) is 6.07 Å². The van der Waals surface area contributed by atoms with Crippen molar-refractivity contribution in [1.82, 2.24) is 5.32 Å². The summed E-state index contributed by atoms with van der Waals surface area (Å²) in [5.74, 6) is -0.498. The van der Waals surface area contributed by atoms with E-state index in [9.17, 15) is 8.78 Å². The maximum absolute atomic E-state index is 13.6. The summed E-state index contributed by atoms with van der Waals surface area (Å²) >= 11 is 3.93. The van der Waals surface area contributed by atoms with E-state index in [0.29, 0.717) is 15.7 Å². The van der Waals surface area contributed by atoms with Gasteiger partial charge in [0.05, 0.1) is 0 Å². The van der Waals surface area contributed by atoms with Crippen LogP contribution in [-0.2, 0) is 0 Å². The van der Waals surface area contributed by atoms with Crippen LogP contribution in [0.15, 0.2) is 18.2 Å². The summed E-state index contributed by atoms with van der Waals surface area (Å²) in [5.41, 5.74) is 0.849. The Kier molecular flexibility index (Phi) is 6.38. The fourth-order valence-electron chi connectivity index (χ4n) is 2.45. The molecule has 0 amide bonds. The van der Waals surface area contributed by atoms with Crippen LogP contribution in [0.2, 0.25) is 0 Å². The number of thioether (sulfide) groups is 2. The van der Waals surface area contributed by atoms with Gasteiger partial charge in [-0.2, -0.15) is 23.5 Å². The van der Waals surface area contributed by atoms with Gasteiger partial charge < -0.3 is 5.32 Å². The van der Waals surface area contributed by atoms with Gasteiger partial charge in [0.15, 0.2) is 11.6 Å². The molecule has 1 fully saturated rings. The van der Waals surface area contributed by atoms with Crippen LogP contribution in [0.3, 0.4) is 0 Å². The highest BCUT2D eigenvalue weighted by Crippen LogP contribution is 2.41. The molecule has 118 valence electrons. The molecule has 1 N–H and O–H groups in total. The molecule has 0 aliphatic carbocycles. The molecule has 1 saturated heterocycles. The van der Waals surface area contributed by atoms with Crippen LogP contribution in [0.5, 0.6) is 0 Å². The monoisotopic (exact) mass is 331 g/mol. The molecule has 5 heteroatoms. The first kappa shape index (κ1) is 17.1. The molecule has 0 spiro atoms. The standard InChI is InChI=1S/C16H23F2NS2/c1-4-7-19-16(12-5-6-13(17)14(18)8-12)15-9-20-10(2)11(3)21-15/h5-6,8,10-11,15-16,19H,4,7,9H2,1-3H3. The molecule has 1 aromatic rings. The third kappa shape index (κ3) is 4.36. The van der Waals surface area contributed by atoms with Crippen LogP contribution in [0.25, 0.3) is 0 Å². The Morgan fingerprint density at radius 3 is 2.62 bits per heavy atom. The number of hydrogen-bond donors (Lipinski definition) is 1. The highest BCUT2D eigenvalue weighted by atomic mass is 32.2. The average molecular weight is 331 g/mol. The number of benzene rings is 1. The van der Waals surface area contributed by atoms with E-state index in [0.717, 1.165) is 24.3 Å². The summed E-state index contributed by atoms with van der Waals surface area (Å²) in [7, 11) is 0. The quantitative estimate of drug-likeness (QED) is 0.845. The summed E-state index contributed by atoms with van der Waals surface area (Å²) in [5, 5.41) is 5.12. The van der Waals surface area contributed by atoms with Gasteiger partial charge in [0.25, 0.3) is 0 Å². The van der Waals surface area contributed by atoms with Crippen molar-refractivity contribution in [2.75, 3.05) is 12.3 Å². The lowest BCUT2D eigenvalue weighted by atomic mass is 10.0. The number of nitrogens with one attached hydrogen (secondary N) is 1. The fourth-order valence-corrected chi connectivity index (χ4v) is 5.57. The van der Waals surface area contributed by atoms with Crippen molar-refractivity contribution in [1.29, 1.82) is 0 Å². The lowest BCUT2D eigenvalue weighted by molar-refractivity contribution is 0.493. The van der Waals surface area contributed by atoms with Crippen LogP contribution in [0.1, 0.15) is 38.8 Å². The molecule has 1 aromatic carbocycles. The van der Waals surface area contributed by atoms with E-state index in [2.05, 4.69) is 26.1 Å². The summed E-state index contributed by atoms with van der Waals surface area (Å²) in [4.78, 5) is 0. The fraction of sp³-hybridized carbons (Fsp3) is 0.625. The van der Waals surface area contributed by atoms with Gasteiger partial charge in [-0.25, -0.2) is 8.78 Å². The topological polar surface area (TPSA) is 12.0 Å². The van der Waals surface area contributed by atoms with Crippen molar-refractivity contribution in [3.05, 3.63) is 35.4 Å². The predicted octanol–water partition coefficient (Wildman–Crippen LogP) is 4.63. The minimum Gasteiger partial charge on any atom is -0.309 e. The van der Waals surface area contributed by atoms with Gasteiger partial charge in [0.2, 0.25) is 0 Å². The van der Waals surface area contributed by atoms with E-state index >= 15 is 0 Å². The molecular formula is C16H23F2NS2. The van der Waals surface area contributed by atoms with E-state index in [4.69, 9.17) is 0 Å². The van der Waals surface area contributed by atoms with Crippen LogP contribution in [-0.4, -0.2) is 28.0 Å². The number of rotatable bonds is 5. The minimum atomic E-state index is -0.777.